The first-order valence-corrected chi connectivity index (χ1v) is 6.93. The Hall–Kier alpha value is -2.17. The van der Waals surface area contributed by atoms with Gasteiger partial charge in [0.05, 0.1) is 12.2 Å². The van der Waals surface area contributed by atoms with Crippen molar-refractivity contribution in [1.82, 2.24) is 15.0 Å². The Labute approximate surface area is 119 Å². The fourth-order valence-electron chi connectivity index (χ4n) is 1.73. The van der Waals surface area contributed by atoms with Gasteiger partial charge in [0.1, 0.15) is 5.82 Å². The van der Waals surface area contributed by atoms with Crippen molar-refractivity contribution in [3.63, 3.8) is 0 Å². The van der Waals surface area contributed by atoms with Crippen LogP contribution in [0.5, 0.6) is 0 Å². The molecule has 20 heavy (non-hydrogen) atoms. The zero-order valence-corrected chi connectivity index (χ0v) is 12.2. The minimum Gasteiger partial charge on any atom is -0.364 e. The summed E-state index contributed by atoms with van der Waals surface area (Å²) in [5.74, 6) is 1.48. The summed E-state index contributed by atoms with van der Waals surface area (Å²) in [6.07, 6.45) is 2.83. The molecule has 5 nitrogen and oxygen atoms in total. The van der Waals surface area contributed by atoms with Gasteiger partial charge < -0.3 is 10.6 Å². The fourth-order valence-corrected chi connectivity index (χ4v) is 1.73. The molecule has 1 unspecified atom stereocenters. The van der Waals surface area contributed by atoms with Gasteiger partial charge in [0.15, 0.2) is 0 Å². The summed E-state index contributed by atoms with van der Waals surface area (Å²) in [4.78, 5) is 13.2. The van der Waals surface area contributed by atoms with Crippen molar-refractivity contribution >= 4 is 11.8 Å². The van der Waals surface area contributed by atoms with Crippen LogP contribution in [0.4, 0.5) is 11.8 Å². The van der Waals surface area contributed by atoms with E-state index in [9.17, 15) is 0 Å². The predicted molar refractivity (Wildman–Crippen MR) is 81.7 cm³/mol. The van der Waals surface area contributed by atoms with Gasteiger partial charge in [0.2, 0.25) is 5.95 Å². The maximum atomic E-state index is 4.48. The molecule has 2 rings (SSSR count). The second-order valence-corrected chi connectivity index (χ2v) is 4.85. The van der Waals surface area contributed by atoms with E-state index < -0.39 is 0 Å². The number of hydrogen-bond acceptors (Lipinski definition) is 5. The summed E-state index contributed by atoms with van der Waals surface area (Å²) in [5.41, 5.74) is 1.93. The van der Waals surface area contributed by atoms with Crippen LogP contribution in [0, 0.1) is 6.92 Å². The molecule has 0 aliphatic heterocycles. The normalized spacial score (nSPS) is 11.9. The molecule has 0 radical (unpaired) electrons. The van der Waals surface area contributed by atoms with Crippen LogP contribution in [0.3, 0.4) is 0 Å². The number of rotatable bonds is 6. The molecule has 0 saturated heterocycles. The monoisotopic (exact) mass is 271 g/mol. The maximum absolute atomic E-state index is 4.48. The molecule has 0 fully saturated rings. The van der Waals surface area contributed by atoms with Gasteiger partial charge in [-0.05, 0) is 32.4 Å². The standard InChI is InChI=1S/C15H21N5/c1-4-11(2)18-15-19-12(3)9-14(20-15)17-10-13-7-5-6-8-16-13/h5-9,11H,4,10H2,1-3H3,(H2,17,18,19,20). The molecule has 0 amide bonds. The largest absolute Gasteiger partial charge is 0.364 e. The topological polar surface area (TPSA) is 62.7 Å². The van der Waals surface area contributed by atoms with E-state index in [1.807, 2.05) is 31.2 Å². The molecule has 2 heterocycles. The van der Waals surface area contributed by atoms with Gasteiger partial charge >= 0.3 is 0 Å². The SMILES string of the molecule is CCC(C)Nc1nc(C)cc(NCc2ccccn2)n1. The van der Waals surface area contributed by atoms with Crippen molar-refractivity contribution in [3.05, 3.63) is 41.9 Å². The number of aromatic nitrogens is 3. The molecule has 5 heteroatoms. The Morgan fingerprint density at radius 2 is 2.10 bits per heavy atom. The second-order valence-electron chi connectivity index (χ2n) is 4.85. The van der Waals surface area contributed by atoms with E-state index in [0.717, 1.165) is 23.6 Å². The Morgan fingerprint density at radius 1 is 1.25 bits per heavy atom. The molecule has 0 saturated carbocycles. The van der Waals surface area contributed by atoms with Crippen LogP contribution >= 0.6 is 0 Å². The minimum absolute atomic E-state index is 0.362. The molecular formula is C15H21N5. The van der Waals surface area contributed by atoms with Gasteiger partial charge in [-0.2, -0.15) is 4.98 Å². The summed E-state index contributed by atoms with van der Waals surface area (Å²) in [7, 11) is 0. The van der Waals surface area contributed by atoms with Crippen LogP contribution in [-0.4, -0.2) is 21.0 Å². The lowest BCUT2D eigenvalue weighted by Gasteiger charge is -2.13. The van der Waals surface area contributed by atoms with Crippen LogP contribution < -0.4 is 10.6 Å². The number of nitrogens with one attached hydrogen (secondary N) is 2. The number of pyridine rings is 1. The molecule has 0 aliphatic carbocycles. The van der Waals surface area contributed by atoms with E-state index in [4.69, 9.17) is 0 Å². The Kier molecular flexibility index (Phi) is 4.87. The second kappa shape index (κ2) is 6.84. The highest BCUT2D eigenvalue weighted by atomic mass is 15.2. The highest BCUT2D eigenvalue weighted by Gasteiger charge is 2.05. The molecule has 106 valence electrons. The molecule has 2 N–H and O–H groups in total. The van der Waals surface area contributed by atoms with E-state index in [1.165, 1.54) is 0 Å². The number of hydrogen-bond donors (Lipinski definition) is 2. The van der Waals surface area contributed by atoms with Crippen molar-refractivity contribution in [3.8, 4) is 0 Å². The summed E-state index contributed by atoms with van der Waals surface area (Å²) in [6, 6.07) is 8.17. The quantitative estimate of drug-likeness (QED) is 0.845. The molecule has 0 aromatic carbocycles. The van der Waals surface area contributed by atoms with Crippen LogP contribution in [-0.2, 0) is 6.54 Å². The zero-order chi connectivity index (χ0) is 14.4. The van der Waals surface area contributed by atoms with Gasteiger partial charge in [0.25, 0.3) is 0 Å². The van der Waals surface area contributed by atoms with E-state index in [2.05, 4.69) is 39.4 Å². The minimum atomic E-state index is 0.362. The van der Waals surface area contributed by atoms with Gasteiger partial charge in [-0.25, -0.2) is 4.98 Å². The zero-order valence-electron chi connectivity index (χ0n) is 12.2. The highest BCUT2D eigenvalue weighted by Crippen LogP contribution is 2.12. The number of nitrogens with zero attached hydrogens (tertiary/aromatic N) is 3. The highest BCUT2D eigenvalue weighted by molar-refractivity contribution is 5.42. The molecule has 1 atom stereocenters. The molecule has 2 aromatic rings. The van der Waals surface area contributed by atoms with Crippen LogP contribution in [0.1, 0.15) is 31.7 Å². The molecule has 0 bridgehead atoms. The van der Waals surface area contributed by atoms with Crippen LogP contribution in [0.15, 0.2) is 30.5 Å². The van der Waals surface area contributed by atoms with E-state index in [-0.39, 0.29) is 0 Å². The van der Waals surface area contributed by atoms with Crippen LogP contribution in [0.2, 0.25) is 0 Å². The van der Waals surface area contributed by atoms with Crippen LogP contribution in [0.25, 0.3) is 0 Å². The van der Waals surface area contributed by atoms with E-state index >= 15 is 0 Å². The Balaban J connectivity index is 2.04. The fraction of sp³-hybridized carbons (Fsp3) is 0.400. The lowest BCUT2D eigenvalue weighted by atomic mass is 10.3. The molecular weight excluding hydrogens is 250 g/mol. The summed E-state index contributed by atoms with van der Waals surface area (Å²) >= 11 is 0. The van der Waals surface area contributed by atoms with Crippen molar-refractivity contribution in [1.29, 1.82) is 0 Å². The predicted octanol–water partition coefficient (Wildman–Crippen LogP) is 3.00. The maximum Gasteiger partial charge on any atom is 0.225 e. The van der Waals surface area contributed by atoms with Gasteiger partial charge in [0, 0.05) is 24.0 Å². The first kappa shape index (κ1) is 14.2. The van der Waals surface area contributed by atoms with Gasteiger partial charge in [-0.3, -0.25) is 4.98 Å². The summed E-state index contributed by atoms with van der Waals surface area (Å²) < 4.78 is 0. The van der Waals surface area contributed by atoms with E-state index in [1.54, 1.807) is 6.20 Å². The third-order valence-electron chi connectivity index (χ3n) is 3.02. The van der Waals surface area contributed by atoms with Crippen molar-refractivity contribution in [2.24, 2.45) is 0 Å². The lowest BCUT2D eigenvalue weighted by molar-refractivity contribution is 0.751. The number of aryl methyl sites for hydroxylation is 1. The average Bonchev–Trinajstić information content (AvgIpc) is 2.45. The Bertz CT molecular complexity index is 541. The first-order chi connectivity index (χ1) is 9.67. The third kappa shape index (κ3) is 4.19. The summed E-state index contributed by atoms with van der Waals surface area (Å²) in [6.45, 7) is 6.87. The van der Waals surface area contributed by atoms with Crippen molar-refractivity contribution in [2.45, 2.75) is 39.8 Å². The van der Waals surface area contributed by atoms with E-state index in [0.29, 0.717) is 18.5 Å². The molecule has 0 spiro atoms. The van der Waals surface area contributed by atoms with Gasteiger partial charge in [-0.1, -0.05) is 13.0 Å². The van der Waals surface area contributed by atoms with Crippen molar-refractivity contribution < 1.29 is 0 Å². The lowest BCUT2D eigenvalue weighted by Crippen LogP contribution is -2.16. The smallest absolute Gasteiger partial charge is 0.225 e. The first-order valence-electron chi connectivity index (χ1n) is 6.93. The molecule has 2 aromatic heterocycles. The van der Waals surface area contributed by atoms with Gasteiger partial charge in [-0.15, -0.1) is 0 Å². The Morgan fingerprint density at radius 3 is 2.80 bits per heavy atom. The summed E-state index contributed by atoms with van der Waals surface area (Å²) in [5, 5.41) is 6.57. The average molecular weight is 271 g/mol. The number of anilines is 2. The molecule has 0 aliphatic rings. The third-order valence-corrected chi connectivity index (χ3v) is 3.02. The van der Waals surface area contributed by atoms with Crippen molar-refractivity contribution in [2.75, 3.05) is 10.6 Å².